The predicted octanol–water partition coefficient (Wildman–Crippen LogP) is 2.81. The number of halogens is 1. The number of benzene rings is 1. The predicted molar refractivity (Wildman–Crippen MR) is 76.8 cm³/mol. The summed E-state index contributed by atoms with van der Waals surface area (Å²) in [6, 6.07) is 7.03. The van der Waals surface area contributed by atoms with Crippen molar-refractivity contribution >= 4 is 21.4 Å². The van der Waals surface area contributed by atoms with Gasteiger partial charge in [-0.2, -0.15) is 0 Å². The van der Waals surface area contributed by atoms with E-state index in [9.17, 15) is 8.42 Å². The van der Waals surface area contributed by atoms with Gasteiger partial charge in [-0.3, -0.25) is 0 Å². The number of hydrogen-bond acceptors (Lipinski definition) is 3. The third-order valence-corrected chi connectivity index (χ3v) is 5.62. The second-order valence-electron chi connectivity index (χ2n) is 4.92. The molecule has 1 unspecified atom stereocenters. The molecule has 0 aromatic heterocycles. The molecule has 1 N–H and O–H groups in total. The zero-order valence-electron chi connectivity index (χ0n) is 11.2. The van der Waals surface area contributed by atoms with Gasteiger partial charge < -0.3 is 5.32 Å². The van der Waals surface area contributed by atoms with Gasteiger partial charge in [-0.25, -0.2) is 8.42 Å². The number of rotatable bonds is 5. The molecule has 0 heterocycles. The van der Waals surface area contributed by atoms with Gasteiger partial charge in [-0.1, -0.05) is 30.7 Å². The lowest BCUT2D eigenvalue weighted by Gasteiger charge is -2.33. The average Bonchev–Trinajstić information content (AvgIpc) is 2.24. The Morgan fingerprint density at radius 1 is 1.39 bits per heavy atom. The van der Waals surface area contributed by atoms with Crippen LogP contribution in [0.2, 0.25) is 5.02 Å². The summed E-state index contributed by atoms with van der Waals surface area (Å²) in [6.07, 6.45) is 1.27. The van der Waals surface area contributed by atoms with Crippen molar-refractivity contribution in [2.75, 3.05) is 12.8 Å². The Hall–Kier alpha value is -0.580. The lowest BCUT2D eigenvalue weighted by atomic mass is 9.95. The van der Waals surface area contributed by atoms with E-state index in [1.807, 2.05) is 25.1 Å². The highest BCUT2D eigenvalue weighted by Gasteiger charge is 2.39. The van der Waals surface area contributed by atoms with E-state index in [1.165, 1.54) is 6.26 Å². The fraction of sp³-hybridized carbons (Fsp3) is 0.538. The van der Waals surface area contributed by atoms with Gasteiger partial charge in [0.1, 0.15) is 0 Å². The van der Waals surface area contributed by atoms with Crippen LogP contribution in [0, 0.1) is 0 Å². The standard InChI is InChI=1S/C13H20ClNO2S/c1-5-15-12(13(2,3)18(4,16)17)10-7-6-8-11(14)9-10/h6-9,12,15H,5H2,1-4H3. The normalized spacial score (nSPS) is 14.5. The van der Waals surface area contributed by atoms with E-state index in [4.69, 9.17) is 11.6 Å². The van der Waals surface area contributed by atoms with Crippen LogP contribution < -0.4 is 5.32 Å². The molecule has 0 fully saturated rings. The third-order valence-electron chi connectivity index (χ3n) is 3.24. The molecule has 0 spiro atoms. The zero-order valence-corrected chi connectivity index (χ0v) is 12.8. The topological polar surface area (TPSA) is 46.2 Å². The van der Waals surface area contributed by atoms with Crippen LogP contribution in [0.3, 0.4) is 0 Å². The van der Waals surface area contributed by atoms with Gasteiger partial charge in [0.25, 0.3) is 0 Å². The molecular formula is C13H20ClNO2S. The van der Waals surface area contributed by atoms with Crippen LogP contribution >= 0.6 is 11.6 Å². The van der Waals surface area contributed by atoms with E-state index in [-0.39, 0.29) is 6.04 Å². The third kappa shape index (κ3) is 3.25. The van der Waals surface area contributed by atoms with Crippen LogP contribution in [0.4, 0.5) is 0 Å². The van der Waals surface area contributed by atoms with E-state index < -0.39 is 14.6 Å². The van der Waals surface area contributed by atoms with Crippen LogP contribution in [0.1, 0.15) is 32.4 Å². The van der Waals surface area contributed by atoms with Gasteiger partial charge in [0.05, 0.1) is 10.8 Å². The van der Waals surface area contributed by atoms with Crippen molar-refractivity contribution in [1.29, 1.82) is 0 Å². The molecule has 0 amide bonds. The first-order chi connectivity index (χ1) is 8.20. The molecule has 18 heavy (non-hydrogen) atoms. The van der Waals surface area contributed by atoms with E-state index >= 15 is 0 Å². The van der Waals surface area contributed by atoms with Gasteiger partial charge >= 0.3 is 0 Å². The SMILES string of the molecule is CCNC(c1cccc(Cl)c1)C(C)(C)S(C)(=O)=O. The van der Waals surface area contributed by atoms with Gasteiger partial charge in [-0.05, 0) is 38.1 Å². The Morgan fingerprint density at radius 2 is 2.00 bits per heavy atom. The molecule has 0 saturated carbocycles. The second-order valence-corrected chi connectivity index (χ2v) is 7.95. The quantitative estimate of drug-likeness (QED) is 0.907. The molecule has 102 valence electrons. The fourth-order valence-electron chi connectivity index (χ4n) is 1.87. The zero-order chi connectivity index (χ0) is 14.0. The molecule has 0 aliphatic rings. The molecule has 0 bridgehead atoms. The molecule has 0 radical (unpaired) electrons. The molecule has 0 aliphatic carbocycles. The summed E-state index contributed by atoms with van der Waals surface area (Å²) in [5.41, 5.74) is 0.889. The van der Waals surface area contributed by atoms with Gasteiger partial charge in [0, 0.05) is 11.3 Å². The first kappa shape index (κ1) is 15.5. The monoisotopic (exact) mass is 289 g/mol. The van der Waals surface area contributed by atoms with Crippen molar-refractivity contribution in [3.8, 4) is 0 Å². The molecule has 0 saturated heterocycles. The molecule has 0 aliphatic heterocycles. The highest BCUT2D eigenvalue weighted by molar-refractivity contribution is 7.92. The molecule has 1 aromatic carbocycles. The van der Waals surface area contributed by atoms with Crippen molar-refractivity contribution in [2.45, 2.75) is 31.6 Å². The average molecular weight is 290 g/mol. The maximum Gasteiger partial charge on any atom is 0.154 e. The van der Waals surface area contributed by atoms with Gasteiger partial charge in [-0.15, -0.1) is 0 Å². The summed E-state index contributed by atoms with van der Waals surface area (Å²) in [5.74, 6) is 0. The highest BCUT2D eigenvalue weighted by atomic mass is 35.5. The minimum absolute atomic E-state index is 0.281. The van der Waals surface area contributed by atoms with Crippen LogP contribution in [-0.4, -0.2) is 26.0 Å². The van der Waals surface area contributed by atoms with E-state index in [1.54, 1.807) is 19.9 Å². The Kier molecular flexibility index (Phi) is 4.81. The first-order valence-corrected chi connectivity index (χ1v) is 8.15. The molecule has 5 heteroatoms. The molecule has 1 atom stereocenters. The second kappa shape index (κ2) is 5.59. The Labute approximate surface area is 114 Å². The summed E-state index contributed by atoms with van der Waals surface area (Å²) in [5, 5.41) is 3.85. The lowest BCUT2D eigenvalue weighted by molar-refractivity contribution is 0.428. The van der Waals surface area contributed by atoms with Gasteiger partial charge in [0.15, 0.2) is 9.84 Å². The minimum atomic E-state index is -3.19. The van der Waals surface area contributed by atoms with E-state index in [0.717, 1.165) is 5.56 Å². The highest BCUT2D eigenvalue weighted by Crippen LogP contribution is 2.33. The summed E-state index contributed by atoms with van der Waals surface area (Å²) in [4.78, 5) is 0. The fourth-order valence-corrected chi connectivity index (χ4v) is 2.72. The number of nitrogens with one attached hydrogen (secondary N) is 1. The van der Waals surface area contributed by atoms with E-state index in [2.05, 4.69) is 5.32 Å². The van der Waals surface area contributed by atoms with Crippen LogP contribution in [0.25, 0.3) is 0 Å². The molecule has 1 aromatic rings. The maximum absolute atomic E-state index is 12.0. The number of hydrogen-bond donors (Lipinski definition) is 1. The summed E-state index contributed by atoms with van der Waals surface area (Å²) >= 11 is 5.98. The molecule has 3 nitrogen and oxygen atoms in total. The lowest BCUT2D eigenvalue weighted by Crippen LogP contribution is -2.44. The summed E-state index contributed by atoms with van der Waals surface area (Å²) in [7, 11) is -3.19. The van der Waals surface area contributed by atoms with E-state index in [0.29, 0.717) is 11.6 Å². The van der Waals surface area contributed by atoms with Crippen molar-refractivity contribution < 1.29 is 8.42 Å². The van der Waals surface area contributed by atoms with Crippen LogP contribution in [0.15, 0.2) is 24.3 Å². The Balaban J connectivity index is 3.27. The van der Waals surface area contributed by atoms with Crippen LogP contribution in [0.5, 0.6) is 0 Å². The summed E-state index contributed by atoms with van der Waals surface area (Å²) in [6.45, 7) is 6.11. The van der Waals surface area contributed by atoms with Crippen molar-refractivity contribution in [3.05, 3.63) is 34.9 Å². The van der Waals surface area contributed by atoms with Crippen molar-refractivity contribution in [3.63, 3.8) is 0 Å². The Morgan fingerprint density at radius 3 is 2.44 bits per heavy atom. The minimum Gasteiger partial charge on any atom is -0.309 e. The largest absolute Gasteiger partial charge is 0.309 e. The smallest absolute Gasteiger partial charge is 0.154 e. The summed E-state index contributed by atoms with van der Waals surface area (Å²) < 4.78 is 23.0. The van der Waals surface area contributed by atoms with Crippen LogP contribution in [-0.2, 0) is 9.84 Å². The maximum atomic E-state index is 12.0. The van der Waals surface area contributed by atoms with Gasteiger partial charge in [0.2, 0.25) is 0 Å². The van der Waals surface area contributed by atoms with Crippen molar-refractivity contribution in [2.24, 2.45) is 0 Å². The molecular weight excluding hydrogens is 270 g/mol. The first-order valence-electron chi connectivity index (χ1n) is 5.88. The Bertz CT molecular complexity index is 511. The number of sulfone groups is 1. The van der Waals surface area contributed by atoms with Crippen molar-refractivity contribution in [1.82, 2.24) is 5.32 Å². The molecule has 1 rings (SSSR count).